The summed E-state index contributed by atoms with van der Waals surface area (Å²) < 4.78 is 21.2. The lowest BCUT2D eigenvalue weighted by Crippen LogP contribution is -2.16. The van der Waals surface area contributed by atoms with Gasteiger partial charge >= 0.3 is 5.97 Å². The number of rotatable bonds is 8. The van der Waals surface area contributed by atoms with Crippen LogP contribution in [0.4, 0.5) is 5.00 Å². The third-order valence-corrected chi connectivity index (χ3v) is 6.33. The molecule has 0 spiro atoms. The van der Waals surface area contributed by atoms with E-state index in [1.165, 1.54) is 18.4 Å². The van der Waals surface area contributed by atoms with E-state index in [2.05, 4.69) is 15.5 Å². The van der Waals surface area contributed by atoms with E-state index in [1.807, 2.05) is 13.8 Å². The predicted octanol–water partition coefficient (Wildman–Crippen LogP) is 4.14. The number of benzene rings is 1. The normalized spacial score (nSPS) is 13.0. The van der Waals surface area contributed by atoms with Crippen molar-refractivity contribution in [3.8, 4) is 22.9 Å². The van der Waals surface area contributed by atoms with E-state index in [4.69, 9.17) is 18.7 Å². The van der Waals surface area contributed by atoms with Gasteiger partial charge in [0.05, 0.1) is 19.8 Å². The number of hydrogen-bond acceptors (Lipinski definition) is 9. The van der Waals surface area contributed by atoms with Crippen molar-refractivity contribution in [2.45, 2.75) is 33.3 Å². The number of methoxy groups -OCH3 is 2. The Morgan fingerprint density at radius 3 is 2.62 bits per heavy atom. The van der Waals surface area contributed by atoms with Crippen molar-refractivity contribution in [1.29, 1.82) is 0 Å². The van der Waals surface area contributed by atoms with Crippen molar-refractivity contribution in [3.63, 3.8) is 0 Å². The molecule has 9 nitrogen and oxygen atoms in total. The van der Waals surface area contributed by atoms with Crippen LogP contribution in [0.15, 0.2) is 22.7 Å². The molecule has 3 aromatic rings. The summed E-state index contributed by atoms with van der Waals surface area (Å²) in [4.78, 5) is 30.2. The molecule has 1 amide bonds. The van der Waals surface area contributed by atoms with Crippen molar-refractivity contribution >= 4 is 28.2 Å². The molecule has 0 unspecified atom stereocenters. The molecule has 0 saturated heterocycles. The predicted molar refractivity (Wildman–Crippen MR) is 117 cm³/mol. The van der Waals surface area contributed by atoms with Crippen molar-refractivity contribution in [2.75, 3.05) is 19.5 Å². The molecule has 4 rings (SSSR count). The summed E-state index contributed by atoms with van der Waals surface area (Å²) >= 11 is 1.37. The number of anilines is 1. The standard InChI is InChI=1S/C22H23N3O6S/c1-11-12(2)32-21(24-20(26)13-5-6-13)18(11)22(27)30-10-17-23-19(25-31-17)14-7-8-15(28-3)16(9-14)29-4/h7-9,13H,5-6,10H2,1-4H3,(H,24,26). The molecule has 1 saturated carbocycles. The van der Waals surface area contributed by atoms with E-state index in [0.717, 1.165) is 23.3 Å². The quantitative estimate of drug-likeness (QED) is 0.502. The molecule has 1 fully saturated rings. The number of esters is 1. The van der Waals surface area contributed by atoms with Crippen LogP contribution in [-0.2, 0) is 16.1 Å². The monoisotopic (exact) mass is 457 g/mol. The van der Waals surface area contributed by atoms with Gasteiger partial charge in [0, 0.05) is 16.4 Å². The van der Waals surface area contributed by atoms with Crippen molar-refractivity contribution in [3.05, 3.63) is 40.1 Å². The minimum Gasteiger partial charge on any atom is -0.493 e. The van der Waals surface area contributed by atoms with E-state index in [-0.39, 0.29) is 24.3 Å². The van der Waals surface area contributed by atoms with Crippen LogP contribution in [0.25, 0.3) is 11.4 Å². The van der Waals surface area contributed by atoms with Gasteiger partial charge in [0.1, 0.15) is 5.00 Å². The molecule has 1 aliphatic rings. The van der Waals surface area contributed by atoms with Gasteiger partial charge in [-0.25, -0.2) is 4.79 Å². The summed E-state index contributed by atoms with van der Waals surface area (Å²) in [5.74, 6) is 1.02. The number of carbonyl (C=O) groups is 2. The van der Waals surface area contributed by atoms with Gasteiger partial charge in [-0.15, -0.1) is 11.3 Å². The highest BCUT2D eigenvalue weighted by Crippen LogP contribution is 2.36. The SMILES string of the molecule is COc1ccc(-c2noc(COC(=O)c3c(NC(=O)C4CC4)sc(C)c3C)n2)cc1OC. The fourth-order valence-corrected chi connectivity index (χ4v) is 4.18. The number of ether oxygens (including phenoxy) is 3. The zero-order valence-corrected chi connectivity index (χ0v) is 19.0. The van der Waals surface area contributed by atoms with Crippen molar-refractivity contribution in [1.82, 2.24) is 10.1 Å². The number of hydrogen-bond donors (Lipinski definition) is 1. The second kappa shape index (κ2) is 8.99. The second-order valence-electron chi connectivity index (χ2n) is 7.41. The Bertz CT molecular complexity index is 1160. The first-order chi connectivity index (χ1) is 15.4. The highest BCUT2D eigenvalue weighted by molar-refractivity contribution is 7.16. The average Bonchev–Trinajstić information content (AvgIpc) is 3.48. The molecule has 0 bridgehead atoms. The molecule has 168 valence electrons. The zero-order valence-electron chi connectivity index (χ0n) is 18.2. The molecule has 0 atom stereocenters. The molecule has 1 aliphatic carbocycles. The third kappa shape index (κ3) is 4.45. The maximum Gasteiger partial charge on any atom is 0.341 e. The first kappa shape index (κ1) is 21.8. The topological polar surface area (TPSA) is 113 Å². The van der Waals surface area contributed by atoms with Gasteiger partial charge in [0.2, 0.25) is 11.7 Å². The summed E-state index contributed by atoms with van der Waals surface area (Å²) in [6.07, 6.45) is 1.77. The van der Waals surface area contributed by atoms with Crippen LogP contribution in [0.3, 0.4) is 0 Å². The lowest BCUT2D eigenvalue weighted by molar-refractivity contribution is -0.117. The Morgan fingerprint density at radius 1 is 1.19 bits per heavy atom. The maximum absolute atomic E-state index is 12.8. The number of thiophene rings is 1. The van der Waals surface area contributed by atoms with Crippen LogP contribution in [0.1, 0.15) is 39.5 Å². The van der Waals surface area contributed by atoms with E-state index in [9.17, 15) is 9.59 Å². The van der Waals surface area contributed by atoms with Crippen LogP contribution >= 0.6 is 11.3 Å². The first-order valence-corrected chi connectivity index (χ1v) is 10.9. The van der Waals surface area contributed by atoms with Gasteiger partial charge < -0.3 is 24.1 Å². The molecule has 10 heteroatoms. The summed E-state index contributed by atoms with van der Waals surface area (Å²) in [5, 5.41) is 7.32. The Hall–Kier alpha value is -3.40. The minimum absolute atomic E-state index is 0.0370. The molecule has 32 heavy (non-hydrogen) atoms. The summed E-state index contributed by atoms with van der Waals surface area (Å²) in [5.41, 5.74) is 1.81. The third-order valence-electron chi connectivity index (χ3n) is 5.21. The fourth-order valence-electron chi connectivity index (χ4n) is 3.13. The zero-order chi connectivity index (χ0) is 22.8. The average molecular weight is 458 g/mol. The number of aryl methyl sites for hydroxylation is 1. The minimum atomic E-state index is -0.552. The highest BCUT2D eigenvalue weighted by Gasteiger charge is 2.32. The number of amides is 1. The van der Waals surface area contributed by atoms with E-state index >= 15 is 0 Å². The summed E-state index contributed by atoms with van der Waals surface area (Å²) in [7, 11) is 3.09. The van der Waals surface area contributed by atoms with Gasteiger partial charge in [-0.1, -0.05) is 5.16 Å². The Morgan fingerprint density at radius 2 is 1.94 bits per heavy atom. The van der Waals surface area contributed by atoms with E-state index in [0.29, 0.717) is 33.5 Å². The number of carbonyl (C=O) groups excluding carboxylic acids is 2. The van der Waals surface area contributed by atoms with E-state index < -0.39 is 5.97 Å². The van der Waals surface area contributed by atoms with Crippen LogP contribution in [0, 0.1) is 19.8 Å². The van der Waals surface area contributed by atoms with Crippen LogP contribution < -0.4 is 14.8 Å². The lowest BCUT2D eigenvalue weighted by Gasteiger charge is -2.07. The number of aromatic nitrogens is 2. The fraction of sp³-hybridized carbons (Fsp3) is 0.364. The molecule has 0 aliphatic heterocycles. The highest BCUT2D eigenvalue weighted by atomic mass is 32.1. The molecular formula is C22H23N3O6S. The molecule has 1 aromatic carbocycles. The van der Waals surface area contributed by atoms with Gasteiger partial charge in [0.25, 0.3) is 5.89 Å². The molecule has 2 heterocycles. The van der Waals surface area contributed by atoms with Gasteiger partial charge in [-0.2, -0.15) is 4.98 Å². The smallest absolute Gasteiger partial charge is 0.341 e. The Kier molecular flexibility index (Phi) is 6.13. The van der Waals surface area contributed by atoms with Crippen LogP contribution in [0.5, 0.6) is 11.5 Å². The summed E-state index contributed by atoms with van der Waals surface area (Å²) in [6, 6.07) is 5.24. The van der Waals surface area contributed by atoms with Crippen LogP contribution in [-0.4, -0.2) is 36.2 Å². The molecule has 2 aromatic heterocycles. The lowest BCUT2D eigenvalue weighted by atomic mass is 10.1. The van der Waals surface area contributed by atoms with Crippen molar-refractivity contribution < 1.29 is 28.3 Å². The number of nitrogens with one attached hydrogen (secondary N) is 1. The Labute approximate surface area is 188 Å². The van der Waals surface area contributed by atoms with Gasteiger partial charge in [-0.05, 0) is 50.5 Å². The summed E-state index contributed by atoms with van der Waals surface area (Å²) in [6.45, 7) is 3.54. The molecule has 1 N–H and O–H groups in total. The second-order valence-corrected chi connectivity index (χ2v) is 8.63. The largest absolute Gasteiger partial charge is 0.493 e. The van der Waals surface area contributed by atoms with Gasteiger partial charge in [0.15, 0.2) is 18.1 Å². The van der Waals surface area contributed by atoms with Crippen molar-refractivity contribution in [2.24, 2.45) is 5.92 Å². The van der Waals surface area contributed by atoms with Gasteiger partial charge in [-0.3, -0.25) is 4.79 Å². The van der Waals surface area contributed by atoms with Crippen LogP contribution in [0.2, 0.25) is 0 Å². The Balaban J connectivity index is 1.45. The van der Waals surface area contributed by atoms with E-state index in [1.54, 1.807) is 25.3 Å². The maximum atomic E-state index is 12.8. The first-order valence-electron chi connectivity index (χ1n) is 10.0. The number of nitrogens with zero attached hydrogens (tertiary/aromatic N) is 2. The molecule has 0 radical (unpaired) electrons. The molecular weight excluding hydrogens is 434 g/mol.